The Hall–Kier alpha value is -1.68. The van der Waals surface area contributed by atoms with Crippen LogP contribution in [0.25, 0.3) is 0 Å². The van der Waals surface area contributed by atoms with Gasteiger partial charge in [-0.3, -0.25) is 4.79 Å². The van der Waals surface area contributed by atoms with Gasteiger partial charge in [0, 0.05) is 32.1 Å². The van der Waals surface area contributed by atoms with E-state index in [1.165, 1.54) is 11.1 Å². The maximum Gasteiger partial charge on any atom is 0.244 e. The van der Waals surface area contributed by atoms with Gasteiger partial charge in [0.15, 0.2) is 5.96 Å². The van der Waals surface area contributed by atoms with Gasteiger partial charge in [0.2, 0.25) is 5.91 Å². The summed E-state index contributed by atoms with van der Waals surface area (Å²) in [6, 6.07) is 8.34. The lowest BCUT2D eigenvalue weighted by Crippen LogP contribution is -2.41. The number of guanidine groups is 1. The molecule has 0 fully saturated rings. The van der Waals surface area contributed by atoms with Crippen LogP contribution in [0.2, 0.25) is 0 Å². The standard InChI is InChI=1S/C20H27N5OS.HI/c1-4-21-20(24(3)13-18-14-27-15(2)23-18)22-11-19(26)25-10-9-16-7-5-6-8-17(16)12-25;/h5-8,14H,4,9-13H2,1-3H3,(H,21,22);1H. The molecule has 2 heterocycles. The molecule has 1 N–H and O–H groups in total. The van der Waals surface area contributed by atoms with Crippen molar-refractivity contribution in [2.24, 2.45) is 4.99 Å². The third-order valence-corrected chi connectivity index (χ3v) is 5.43. The van der Waals surface area contributed by atoms with Crippen LogP contribution in [0.3, 0.4) is 0 Å². The molecule has 0 bridgehead atoms. The number of aromatic nitrogens is 1. The third kappa shape index (κ3) is 5.91. The molecule has 0 saturated carbocycles. The lowest BCUT2D eigenvalue weighted by atomic mass is 10.00. The van der Waals surface area contributed by atoms with Gasteiger partial charge < -0.3 is 15.1 Å². The Kier molecular flexibility index (Phi) is 8.68. The van der Waals surface area contributed by atoms with Gasteiger partial charge in [-0.2, -0.15) is 0 Å². The number of hydrogen-bond donors (Lipinski definition) is 1. The van der Waals surface area contributed by atoms with E-state index in [2.05, 4.69) is 38.9 Å². The molecule has 0 unspecified atom stereocenters. The summed E-state index contributed by atoms with van der Waals surface area (Å²) in [5.41, 5.74) is 3.60. The van der Waals surface area contributed by atoms with Crippen molar-refractivity contribution >= 4 is 47.2 Å². The fraction of sp³-hybridized carbons (Fsp3) is 0.450. The van der Waals surface area contributed by atoms with Crippen LogP contribution < -0.4 is 5.32 Å². The van der Waals surface area contributed by atoms with Crippen molar-refractivity contribution < 1.29 is 4.79 Å². The van der Waals surface area contributed by atoms with Gasteiger partial charge >= 0.3 is 0 Å². The zero-order valence-electron chi connectivity index (χ0n) is 16.6. The molecule has 1 aromatic heterocycles. The highest BCUT2D eigenvalue weighted by Gasteiger charge is 2.20. The number of aryl methyl sites for hydroxylation is 1. The SMILES string of the molecule is CCNC(=NCC(=O)N1CCc2ccccc2C1)N(C)Cc1csc(C)n1.I. The minimum absolute atomic E-state index is 0. The van der Waals surface area contributed by atoms with Crippen LogP contribution in [0.4, 0.5) is 0 Å². The molecular weight excluding hydrogens is 485 g/mol. The van der Waals surface area contributed by atoms with Crippen LogP contribution >= 0.6 is 35.3 Å². The maximum absolute atomic E-state index is 12.7. The number of amides is 1. The predicted molar refractivity (Wildman–Crippen MR) is 125 cm³/mol. The summed E-state index contributed by atoms with van der Waals surface area (Å²) in [5, 5.41) is 6.38. The number of nitrogens with zero attached hydrogens (tertiary/aromatic N) is 4. The summed E-state index contributed by atoms with van der Waals surface area (Å²) >= 11 is 1.64. The number of halogens is 1. The predicted octanol–water partition coefficient (Wildman–Crippen LogP) is 3.05. The molecule has 1 aliphatic heterocycles. The van der Waals surface area contributed by atoms with E-state index in [-0.39, 0.29) is 36.4 Å². The quantitative estimate of drug-likeness (QED) is 0.380. The first-order valence-corrected chi connectivity index (χ1v) is 10.2. The van der Waals surface area contributed by atoms with Gasteiger partial charge in [-0.1, -0.05) is 24.3 Å². The van der Waals surface area contributed by atoms with E-state index in [0.717, 1.165) is 36.2 Å². The van der Waals surface area contributed by atoms with E-state index >= 15 is 0 Å². The fourth-order valence-electron chi connectivity index (χ4n) is 3.22. The van der Waals surface area contributed by atoms with Crippen molar-refractivity contribution in [2.75, 3.05) is 26.7 Å². The van der Waals surface area contributed by atoms with E-state index in [9.17, 15) is 4.79 Å². The molecule has 8 heteroatoms. The molecule has 0 aliphatic carbocycles. The first-order chi connectivity index (χ1) is 13.1. The molecule has 0 radical (unpaired) electrons. The summed E-state index contributed by atoms with van der Waals surface area (Å²) in [6.07, 6.45) is 0.911. The Morgan fingerprint density at radius 1 is 1.36 bits per heavy atom. The largest absolute Gasteiger partial charge is 0.357 e. The number of rotatable bonds is 5. The summed E-state index contributed by atoms with van der Waals surface area (Å²) in [6.45, 7) is 7.05. The molecule has 2 aromatic rings. The molecule has 152 valence electrons. The van der Waals surface area contributed by atoms with Gasteiger partial charge in [0.25, 0.3) is 0 Å². The molecule has 0 saturated heterocycles. The summed E-state index contributed by atoms with van der Waals surface area (Å²) in [4.78, 5) is 25.6. The Labute approximate surface area is 188 Å². The normalized spacial score (nSPS) is 13.5. The molecule has 1 aromatic carbocycles. The zero-order valence-corrected chi connectivity index (χ0v) is 19.8. The molecule has 1 amide bonds. The molecule has 6 nitrogen and oxygen atoms in total. The van der Waals surface area contributed by atoms with Crippen LogP contribution in [0.15, 0.2) is 34.6 Å². The highest BCUT2D eigenvalue weighted by molar-refractivity contribution is 14.0. The van der Waals surface area contributed by atoms with Crippen molar-refractivity contribution in [3.63, 3.8) is 0 Å². The summed E-state index contributed by atoms with van der Waals surface area (Å²) < 4.78 is 0. The molecule has 0 spiro atoms. The second-order valence-electron chi connectivity index (χ2n) is 6.72. The van der Waals surface area contributed by atoms with Crippen LogP contribution in [-0.4, -0.2) is 53.3 Å². The second-order valence-corrected chi connectivity index (χ2v) is 7.78. The molecule has 1 aliphatic rings. The Morgan fingerprint density at radius 2 is 2.11 bits per heavy atom. The third-order valence-electron chi connectivity index (χ3n) is 4.61. The summed E-state index contributed by atoms with van der Waals surface area (Å²) in [7, 11) is 1.97. The minimum Gasteiger partial charge on any atom is -0.357 e. The van der Waals surface area contributed by atoms with Gasteiger partial charge in [-0.25, -0.2) is 9.98 Å². The van der Waals surface area contributed by atoms with Crippen LogP contribution in [0.5, 0.6) is 0 Å². The van der Waals surface area contributed by atoms with E-state index in [0.29, 0.717) is 13.1 Å². The topological polar surface area (TPSA) is 60.8 Å². The Balaban J connectivity index is 0.00000280. The highest BCUT2D eigenvalue weighted by atomic mass is 127. The fourth-order valence-corrected chi connectivity index (χ4v) is 3.82. The smallest absolute Gasteiger partial charge is 0.244 e. The van der Waals surface area contributed by atoms with E-state index in [1.807, 2.05) is 36.8 Å². The van der Waals surface area contributed by atoms with E-state index < -0.39 is 0 Å². The number of benzene rings is 1. The van der Waals surface area contributed by atoms with Crippen LogP contribution in [-0.2, 0) is 24.3 Å². The summed E-state index contributed by atoms with van der Waals surface area (Å²) in [5.74, 6) is 0.798. The Bertz CT molecular complexity index is 822. The van der Waals surface area contributed by atoms with Crippen LogP contribution in [0, 0.1) is 6.92 Å². The minimum atomic E-state index is 0. The van der Waals surface area contributed by atoms with E-state index in [4.69, 9.17) is 0 Å². The molecule has 3 rings (SSSR count). The van der Waals surface area contributed by atoms with E-state index in [1.54, 1.807) is 11.3 Å². The maximum atomic E-state index is 12.7. The van der Waals surface area contributed by atoms with Gasteiger partial charge in [0.05, 0.1) is 17.2 Å². The second kappa shape index (κ2) is 10.8. The number of carbonyl (C=O) groups is 1. The molecule has 28 heavy (non-hydrogen) atoms. The van der Waals surface area contributed by atoms with Gasteiger partial charge in [0.1, 0.15) is 6.54 Å². The average molecular weight is 513 g/mol. The first-order valence-electron chi connectivity index (χ1n) is 9.32. The van der Waals surface area contributed by atoms with Crippen molar-refractivity contribution in [3.05, 3.63) is 51.5 Å². The van der Waals surface area contributed by atoms with Crippen LogP contribution in [0.1, 0.15) is 28.8 Å². The lowest BCUT2D eigenvalue weighted by molar-refractivity contribution is -0.130. The molecular formula is C20H28IN5OS. The number of nitrogens with one attached hydrogen (secondary N) is 1. The lowest BCUT2D eigenvalue weighted by Gasteiger charge is -2.28. The van der Waals surface area contributed by atoms with Crippen molar-refractivity contribution in [1.82, 2.24) is 20.1 Å². The van der Waals surface area contributed by atoms with Gasteiger partial charge in [-0.15, -0.1) is 35.3 Å². The number of hydrogen-bond acceptors (Lipinski definition) is 4. The average Bonchev–Trinajstić information content (AvgIpc) is 3.09. The molecule has 0 atom stereocenters. The van der Waals surface area contributed by atoms with Crippen molar-refractivity contribution in [1.29, 1.82) is 0 Å². The van der Waals surface area contributed by atoms with Crippen molar-refractivity contribution in [3.8, 4) is 0 Å². The van der Waals surface area contributed by atoms with Gasteiger partial charge in [-0.05, 0) is 31.4 Å². The van der Waals surface area contributed by atoms with Crippen molar-refractivity contribution in [2.45, 2.75) is 33.4 Å². The monoisotopic (exact) mass is 513 g/mol. The zero-order chi connectivity index (χ0) is 19.2. The first kappa shape index (κ1) is 22.6. The Morgan fingerprint density at radius 3 is 2.79 bits per heavy atom. The number of carbonyl (C=O) groups excluding carboxylic acids is 1. The number of aliphatic imine (C=N–C) groups is 1. The number of thiazole rings is 1. The highest BCUT2D eigenvalue weighted by Crippen LogP contribution is 2.18. The number of fused-ring (bicyclic) bond motifs is 1.